The second-order valence-electron chi connectivity index (χ2n) is 7.00. The maximum absolute atomic E-state index is 12.5. The zero-order valence-electron chi connectivity index (χ0n) is 15.0. The number of carbonyl (C=O) groups excluding carboxylic acids is 2. The van der Waals surface area contributed by atoms with Gasteiger partial charge in [0.05, 0.1) is 13.7 Å². The number of benzene rings is 1. The van der Waals surface area contributed by atoms with Gasteiger partial charge in [0, 0.05) is 19.1 Å². The van der Waals surface area contributed by atoms with Gasteiger partial charge >= 0.3 is 5.97 Å². The number of ether oxygens (including phenoxy) is 3. The fourth-order valence-corrected chi connectivity index (χ4v) is 3.60. The number of amides is 1. The minimum atomic E-state index is -0.997. The van der Waals surface area contributed by atoms with Gasteiger partial charge in [0.25, 0.3) is 5.91 Å². The van der Waals surface area contributed by atoms with Gasteiger partial charge in [-0.25, -0.2) is 4.79 Å². The number of rotatable bonds is 5. The Morgan fingerprint density at radius 1 is 1.32 bits per heavy atom. The van der Waals surface area contributed by atoms with Crippen molar-refractivity contribution in [2.45, 2.75) is 31.8 Å². The molecule has 0 radical (unpaired) electrons. The maximum Gasteiger partial charge on any atom is 0.340 e. The SMILES string of the molecule is COC(=O)[C@]12CN(C(=O)COc3ccc(C(C)C)cc3)C[C@H]1CCO2. The molecule has 0 aliphatic carbocycles. The Morgan fingerprint density at radius 3 is 2.68 bits per heavy atom. The average molecular weight is 347 g/mol. The molecule has 6 nitrogen and oxygen atoms in total. The van der Waals surface area contributed by atoms with Crippen LogP contribution in [-0.4, -0.2) is 55.8 Å². The Hall–Kier alpha value is -2.08. The summed E-state index contributed by atoms with van der Waals surface area (Å²) in [6.07, 6.45) is 0.760. The molecule has 0 aromatic heterocycles. The minimum absolute atomic E-state index is 0.00535. The fourth-order valence-electron chi connectivity index (χ4n) is 3.60. The molecule has 1 aromatic rings. The van der Waals surface area contributed by atoms with Crippen molar-refractivity contribution in [2.24, 2.45) is 5.92 Å². The van der Waals surface area contributed by atoms with Crippen LogP contribution in [0.3, 0.4) is 0 Å². The van der Waals surface area contributed by atoms with E-state index in [4.69, 9.17) is 14.2 Å². The molecule has 2 heterocycles. The van der Waals surface area contributed by atoms with Gasteiger partial charge in [0.2, 0.25) is 0 Å². The predicted molar refractivity (Wildman–Crippen MR) is 91.4 cm³/mol. The summed E-state index contributed by atoms with van der Waals surface area (Å²) in [6.45, 7) is 5.47. The standard InChI is InChI=1S/C19H25NO5/c1-13(2)14-4-6-16(7-5-14)24-11-17(21)20-10-15-8-9-25-19(15,12-20)18(22)23-3/h4-7,13,15H,8-12H2,1-3H3/t15-,19+/m1/s1. The molecule has 2 aliphatic rings. The van der Waals surface area contributed by atoms with Gasteiger partial charge in [-0.15, -0.1) is 0 Å². The zero-order chi connectivity index (χ0) is 18.0. The molecule has 2 saturated heterocycles. The summed E-state index contributed by atoms with van der Waals surface area (Å²) in [5.41, 5.74) is 0.228. The van der Waals surface area contributed by atoms with Gasteiger partial charge in [-0.05, 0) is 30.0 Å². The smallest absolute Gasteiger partial charge is 0.340 e. The van der Waals surface area contributed by atoms with Crippen LogP contribution in [-0.2, 0) is 19.1 Å². The Labute approximate surface area is 148 Å². The van der Waals surface area contributed by atoms with E-state index in [0.717, 1.165) is 6.42 Å². The van der Waals surface area contributed by atoms with Crippen LogP contribution in [0.25, 0.3) is 0 Å². The van der Waals surface area contributed by atoms with E-state index in [1.54, 1.807) is 4.90 Å². The summed E-state index contributed by atoms with van der Waals surface area (Å²) in [7, 11) is 1.35. The molecule has 2 aliphatic heterocycles. The quantitative estimate of drug-likeness (QED) is 0.762. The summed E-state index contributed by atoms with van der Waals surface area (Å²) in [6, 6.07) is 7.76. The van der Waals surface area contributed by atoms with Gasteiger partial charge in [-0.2, -0.15) is 0 Å². The number of carbonyl (C=O) groups is 2. The molecular formula is C19H25NO5. The maximum atomic E-state index is 12.5. The normalized spacial score (nSPS) is 25.1. The highest BCUT2D eigenvalue weighted by atomic mass is 16.6. The van der Waals surface area contributed by atoms with Crippen molar-refractivity contribution in [3.05, 3.63) is 29.8 Å². The fraction of sp³-hybridized carbons (Fsp3) is 0.579. The molecule has 0 saturated carbocycles. The van der Waals surface area contributed by atoms with Crippen LogP contribution in [0, 0.1) is 5.92 Å². The first-order valence-corrected chi connectivity index (χ1v) is 8.69. The Balaban J connectivity index is 1.58. The van der Waals surface area contributed by atoms with Gasteiger partial charge in [-0.1, -0.05) is 26.0 Å². The van der Waals surface area contributed by atoms with Crippen molar-refractivity contribution in [3.63, 3.8) is 0 Å². The lowest BCUT2D eigenvalue weighted by Gasteiger charge is -2.24. The summed E-state index contributed by atoms with van der Waals surface area (Å²) >= 11 is 0. The first-order valence-electron chi connectivity index (χ1n) is 8.69. The van der Waals surface area contributed by atoms with Crippen LogP contribution >= 0.6 is 0 Å². The second-order valence-corrected chi connectivity index (χ2v) is 7.00. The number of fused-ring (bicyclic) bond motifs is 1. The average Bonchev–Trinajstić information content (AvgIpc) is 3.17. The Kier molecular flexibility index (Phi) is 4.99. The highest BCUT2D eigenvalue weighted by molar-refractivity contribution is 5.85. The van der Waals surface area contributed by atoms with Gasteiger partial charge < -0.3 is 19.1 Å². The number of esters is 1. The van der Waals surface area contributed by atoms with E-state index >= 15 is 0 Å². The number of hydrogen-bond donors (Lipinski definition) is 0. The van der Waals surface area contributed by atoms with Crippen LogP contribution in [0.15, 0.2) is 24.3 Å². The van der Waals surface area contributed by atoms with Crippen molar-refractivity contribution >= 4 is 11.9 Å². The molecule has 2 fully saturated rings. The minimum Gasteiger partial charge on any atom is -0.484 e. The third-order valence-electron chi connectivity index (χ3n) is 5.14. The monoisotopic (exact) mass is 347 g/mol. The topological polar surface area (TPSA) is 65.1 Å². The summed E-state index contributed by atoms with van der Waals surface area (Å²) in [4.78, 5) is 26.2. The molecule has 0 unspecified atom stereocenters. The van der Waals surface area contributed by atoms with E-state index < -0.39 is 11.6 Å². The van der Waals surface area contributed by atoms with Gasteiger partial charge in [-0.3, -0.25) is 4.79 Å². The molecule has 6 heteroatoms. The van der Waals surface area contributed by atoms with Crippen molar-refractivity contribution in [1.82, 2.24) is 4.90 Å². The van der Waals surface area contributed by atoms with Gasteiger partial charge in [0.1, 0.15) is 5.75 Å². The third-order valence-corrected chi connectivity index (χ3v) is 5.14. The first kappa shape index (κ1) is 17.7. The number of methoxy groups -OCH3 is 1. The summed E-state index contributed by atoms with van der Waals surface area (Å²) in [5, 5.41) is 0. The molecule has 1 amide bonds. The molecule has 0 bridgehead atoms. The van der Waals surface area contributed by atoms with E-state index in [9.17, 15) is 9.59 Å². The van der Waals surface area contributed by atoms with Gasteiger partial charge in [0.15, 0.2) is 12.2 Å². The Morgan fingerprint density at radius 2 is 2.04 bits per heavy atom. The molecule has 0 N–H and O–H groups in total. The van der Waals surface area contributed by atoms with Crippen molar-refractivity contribution < 1.29 is 23.8 Å². The second kappa shape index (κ2) is 7.04. The van der Waals surface area contributed by atoms with E-state index in [1.165, 1.54) is 12.7 Å². The highest BCUT2D eigenvalue weighted by Crippen LogP contribution is 2.40. The van der Waals surface area contributed by atoms with Crippen LogP contribution < -0.4 is 4.74 Å². The number of likely N-dealkylation sites (tertiary alicyclic amines) is 1. The number of nitrogens with zero attached hydrogens (tertiary/aromatic N) is 1. The summed E-state index contributed by atoms with van der Waals surface area (Å²) < 4.78 is 16.2. The third kappa shape index (κ3) is 3.35. The highest BCUT2D eigenvalue weighted by Gasteiger charge is 2.58. The van der Waals surface area contributed by atoms with Crippen LogP contribution in [0.5, 0.6) is 5.75 Å². The molecule has 25 heavy (non-hydrogen) atoms. The molecule has 3 rings (SSSR count). The summed E-state index contributed by atoms with van der Waals surface area (Å²) in [5.74, 6) is 0.573. The van der Waals surface area contributed by atoms with Crippen LogP contribution in [0.2, 0.25) is 0 Å². The molecule has 1 aromatic carbocycles. The lowest BCUT2D eigenvalue weighted by atomic mass is 9.91. The molecule has 136 valence electrons. The van der Waals surface area contributed by atoms with E-state index in [-0.39, 0.29) is 25.0 Å². The molecular weight excluding hydrogens is 322 g/mol. The zero-order valence-corrected chi connectivity index (χ0v) is 15.0. The predicted octanol–water partition coefficient (Wildman–Crippen LogP) is 1.98. The van der Waals surface area contributed by atoms with Crippen molar-refractivity contribution in [2.75, 3.05) is 33.4 Å². The first-order chi connectivity index (χ1) is 12.0. The lowest BCUT2D eigenvalue weighted by Crippen LogP contribution is -2.47. The van der Waals surface area contributed by atoms with Crippen LogP contribution in [0.1, 0.15) is 31.7 Å². The van der Waals surface area contributed by atoms with Crippen LogP contribution in [0.4, 0.5) is 0 Å². The van der Waals surface area contributed by atoms with Crippen molar-refractivity contribution in [1.29, 1.82) is 0 Å². The van der Waals surface area contributed by atoms with E-state index in [0.29, 0.717) is 24.8 Å². The van der Waals surface area contributed by atoms with E-state index in [2.05, 4.69) is 13.8 Å². The lowest BCUT2D eigenvalue weighted by molar-refractivity contribution is -0.165. The molecule has 0 spiro atoms. The number of hydrogen-bond acceptors (Lipinski definition) is 5. The van der Waals surface area contributed by atoms with E-state index in [1.807, 2.05) is 24.3 Å². The molecule has 2 atom stereocenters. The van der Waals surface area contributed by atoms with Crippen molar-refractivity contribution in [3.8, 4) is 5.75 Å². The largest absolute Gasteiger partial charge is 0.484 e. The Bertz CT molecular complexity index is 642.